The summed E-state index contributed by atoms with van der Waals surface area (Å²) < 4.78 is 8.22. The lowest BCUT2D eigenvalue weighted by atomic mass is 9.83. The summed E-state index contributed by atoms with van der Waals surface area (Å²) in [5.74, 6) is 0.445. The van der Waals surface area contributed by atoms with Gasteiger partial charge in [0, 0.05) is 46.3 Å². The van der Waals surface area contributed by atoms with E-state index in [9.17, 15) is 4.79 Å². The van der Waals surface area contributed by atoms with Crippen LogP contribution in [-0.2, 0) is 18.3 Å². The average molecular weight is 361 g/mol. The molecule has 1 atom stereocenters. The second kappa shape index (κ2) is 7.19. The molecule has 0 radical (unpaired) electrons. The van der Waals surface area contributed by atoms with Crippen LogP contribution in [-0.4, -0.2) is 70.5 Å². The minimum atomic E-state index is 0.0447. The second-order valence-electron chi connectivity index (χ2n) is 8.32. The van der Waals surface area contributed by atoms with Crippen molar-refractivity contribution in [3.8, 4) is 0 Å². The fourth-order valence-electron chi connectivity index (χ4n) is 4.51. The van der Waals surface area contributed by atoms with E-state index in [0.29, 0.717) is 5.92 Å². The third-order valence-corrected chi connectivity index (χ3v) is 6.08. The zero-order valence-corrected chi connectivity index (χ0v) is 16.0. The van der Waals surface area contributed by atoms with Gasteiger partial charge in [-0.05, 0) is 44.6 Å². The van der Waals surface area contributed by atoms with Gasteiger partial charge in [-0.15, -0.1) is 0 Å². The van der Waals surface area contributed by atoms with Crippen molar-refractivity contribution in [2.24, 2.45) is 13.0 Å². The monoisotopic (exact) mass is 361 g/mol. The van der Waals surface area contributed by atoms with Crippen LogP contribution in [0.5, 0.6) is 0 Å². The summed E-state index contributed by atoms with van der Waals surface area (Å²) in [5, 5.41) is 7.52. The van der Waals surface area contributed by atoms with Crippen LogP contribution in [0.4, 0.5) is 4.79 Å². The van der Waals surface area contributed by atoms with Gasteiger partial charge in [-0.3, -0.25) is 9.58 Å². The summed E-state index contributed by atoms with van der Waals surface area (Å²) in [6.07, 6.45) is 4.51. The molecule has 1 N–H and O–H groups in total. The predicted octanol–water partition coefficient (Wildman–Crippen LogP) is 1.51. The first-order valence-electron chi connectivity index (χ1n) is 9.92. The molecule has 0 saturated carbocycles. The number of aryl methyl sites for hydroxylation is 2. The number of nitrogens with zero attached hydrogens (tertiary/aromatic N) is 4. The Morgan fingerprint density at radius 1 is 1.38 bits per heavy atom. The van der Waals surface area contributed by atoms with Crippen molar-refractivity contribution in [3.05, 3.63) is 17.5 Å². The Labute approximate surface area is 155 Å². The summed E-state index contributed by atoms with van der Waals surface area (Å²) in [4.78, 5) is 16.5. The van der Waals surface area contributed by atoms with Gasteiger partial charge in [0.25, 0.3) is 0 Å². The highest BCUT2D eigenvalue weighted by molar-refractivity contribution is 5.74. The SMILES string of the molecule is Cc1cc(CN2CC3(CC[C@@H](CNC(=O)N4CCCC4)CO3)C2)n(C)n1. The van der Waals surface area contributed by atoms with E-state index in [1.165, 1.54) is 5.69 Å². The van der Waals surface area contributed by atoms with E-state index in [1.807, 2.05) is 23.6 Å². The zero-order chi connectivity index (χ0) is 18.1. The Bertz CT molecular complexity index is 636. The molecule has 0 unspecified atom stereocenters. The first kappa shape index (κ1) is 17.8. The maximum absolute atomic E-state index is 12.1. The van der Waals surface area contributed by atoms with E-state index < -0.39 is 0 Å². The lowest BCUT2D eigenvalue weighted by molar-refractivity contribution is -0.181. The molecular weight excluding hydrogens is 330 g/mol. The Balaban J connectivity index is 1.17. The fourth-order valence-corrected chi connectivity index (χ4v) is 4.51. The molecule has 4 rings (SSSR count). The average Bonchev–Trinajstić information content (AvgIpc) is 3.23. The number of ether oxygens (including phenoxy) is 1. The van der Waals surface area contributed by atoms with Crippen LogP contribution in [0.2, 0.25) is 0 Å². The molecule has 7 nitrogen and oxygen atoms in total. The first-order valence-corrected chi connectivity index (χ1v) is 9.92. The summed E-state index contributed by atoms with van der Waals surface area (Å²) in [7, 11) is 2.01. The van der Waals surface area contributed by atoms with Gasteiger partial charge < -0.3 is 15.0 Å². The Kier molecular flexibility index (Phi) is 4.92. The molecule has 0 bridgehead atoms. The Hall–Kier alpha value is -1.60. The highest BCUT2D eigenvalue weighted by Crippen LogP contribution is 2.36. The number of hydrogen-bond acceptors (Lipinski definition) is 4. The summed E-state index contributed by atoms with van der Waals surface area (Å²) in [6.45, 7) is 8.30. The number of rotatable bonds is 4. The molecule has 3 saturated heterocycles. The molecule has 3 fully saturated rings. The van der Waals surface area contributed by atoms with Gasteiger partial charge in [0.1, 0.15) is 0 Å². The molecular formula is C19H31N5O2. The molecule has 0 aliphatic carbocycles. The van der Waals surface area contributed by atoms with Gasteiger partial charge >= 0.3 is 6.03 Å². The number of amides is 2. The van der Waals surface area contributed by atoms with Gasteiger partial charge in [0.2, 0.25) is 0 Å². The van der Waals surface area contributed by atoms with Gasteiger partial charge in [-0.1, -0.05) is 0 Å². The van der Waals surface area contributed by atoms with Crippen LogP contribution < -0.4 is 5.32 Å². The summed E-state index contributed by atoms with van der Waals surface area (Å²) in [5.41, 5.74) is 2.38. The van der Waals surface area contributed by atoms with Crippen LogP contribution in [0, 0.1) is 12.8 Å². The van der Waals surface area contributed by atoms with Gasteiger partial charge in [0.15, 0.2) is 0 Å². The quantitative estimate of drug-likeness (QED) is 0.883. The van der Waals surface area contributed by atoms with E-state index in [2.05, 4.69) is 21.4 Å². The topological polar surface area (TPSA) is 62.6 Å². The molecule has 1 aromatic rings. The van der Waals surface area contributed by atoms with E-state index >= 15 is 0 Å². The molecule has 0 aromatic carbocycles. The molecule has 26 heavy (non-hydrogen) atoms. The third kappa shape index (κ3) is 3.74. The van der Waals surface area contributed by atoms with Gasteiger partial charge in [0.05, 0.1) is 23.6 Å². The predicted molar refractivity (Wildman–Crippen MR) is 98.8 cm³/mol. The normalized spacial score (nSPS) is 25.5. The Morgan fingerprint density at radius 2 is 2.15 bits per heavy atom. The third-order valence-electron chi connectivity index (χ3n) is 6.08. The minimum absolute atomic E-state index is 0.0447. The number of carbonyl (C=O) groups is 1. The second-order valence-corrected chi connectivity index (χ2v) is 8.32. The van der Waals surface area contributed by atoms with Crippen LogP contribution in [0.15, 0.2) is 6.07 Å². The summed E-state index contributed by atoms with van der Waals surface area (Å²) in [6, 6.07) is 2.26. The zero-order valence-electron chi connectivity index (χ0n) is 16.0. The van der Waals surface area contributed by atoms with Crippen molar-refractivity contribution in [3.63, 3.8) is 0 Å². The smallest absolute Gasteiger partial charge is 0.317 e. The standard InChI is InChI=1S/C19H31N5O2/c1-15-9-17(22(2)21-15)11-23-13-19(14-23)6-5-16(12-26-19)10-20-18(25)24-7-3-4-8-24/h9,16H,3-8,10-14H2,1-2H3,(H,20,25)/t16-/m0/s1. The molecule has 144 valence electrons. The molecule has 1 spiro atoms. The lowest BCUT2D eigenvalue weighted by Gasteiger charge is -2.53. The van der Waals surface area contributed by atoms with Gasteiger partial charge in [-0.2, -0.15) is 5.10 Å². The Morgan fingerprint density at radius 3 is 2.77 bits per heavy atom. The van der Waals surface area contributed by atoms with Crippen molar-refractivity contribution >= 4 is 6.03 Å². The molecule has 4 heterocycles. The number of hydrogen-bond donors (Lipinski definition) is 1. The van der Waals surface area contributed by atoms with E-state index in [4.69, 9.17) is 4.74 Å². The molecule has 3 aliphatic rings. The van der Waals surface area contributed by atoms with Crippen molar-refractivity contribution in [1.29, 1.82) is 0 Å². The molecule has 7 heteroatoms. The maximum Gasteiger partial charge on any atom is 0.317 e. The van der Waals surface area contributed by atoms with E-state index in [0.717, 1.165) is 77.3 Å². The fraction of sp³-hybridized carbons (Fsp3) is 0.789. The van der Waals surface area contributed by atoms with Crippen LogP contribution >= 0.6 is 0 Å². The minimum Gasteiger partial charge on any atom is -0.372 e. The molecule has 1 aromatic heterocycles. The molecule has 2 amide bonds. The number of likely N-dealkylation sites (tertiary alicyclic amines) is 2. The largest absolute Gasteiger partial charge is 0.372 e. The van der Waals surface area contributed by atoms with Gasteiger partial charge in [-0.25, -0.2) is 4.79 Å². The summed E-state index contributed by atoms with van der Waals surface area (Å²) >= 11 is 0. The lowest BCUT2D eigenvalue weighted by Crippen LogP contribution is -2.64. The maximum atomic E-state index is 12.1. The van der Waals surface area contributed by atoms with Crippen LogP contribution in [0.1, 0.15) is 37.1 Å². The highest BCUT2D eigenvalue weighted by atomic mass is 16.5. The first-order chi connectivity index (χ1) is 12.5. The number of urea groups is 1. The van der Waals surface area contributed by atoms with E-state index in [1.54, 1.807) is 0 Å². The number of aromatic nitrogens is 2. The highest BCUT2D eigenvalue weighted by Gasteiger charge is 2.46. The van der Waals surface area contributed by atoms with Crippen molar-refractivity contribution < 1.29 is 9.53 Å². The number of nitrogens with one attached hydrogen (secondary N) is 1. The van der Waals surface area contributed by atoms with E-state index in [-0.39, 0.29) is 11.6 Å². The molecule has 3 aliphatic heterocycles. The van der Waals surface area contributed by atoms with Crippen molar-refractivity contribution in [2.75, 3.05) is 39.3 Å². The van der Waals surface area contributed by atoms with Crippen LogP contribution in [0.3, 0.4) is 0 Å². The van der Waals surface area contributed by atoms with Crippen molar-refractivity contribution in [2.45, 2.75) is 44.8 Å². The van der Waals surface area contributed by atoms with Crippen LogP contribution in [0.25, 0.3) is 0 Å². The number of carbonyl (C=O) groups excluding carboxylic acids is 1. The van der Waals surface area contributed by atoms with Crippen molar-refractivity contribution in [1.82, 2.24) is 24.9 Å².